The molecule has 2 aromatic heterocycles. The fourth-order valence-corrected chi connectivity index (χ4v) is 4.56. The molecule has 4 rings (SSSR count). The van der Waals surface area contributed by atoms with Gasteiger partial charge in [0.1, 0.15) is 24.7 Å². The normalized spacial score (nSPS) is 18.2. The molecular weight excluding hydrogens is 504 g/mol. The van der Waals surface area contributed by atoms with E-state index in [4.69, 9.17) is 25.0 Å². The van der Waals surface area contributed by atoms with E-state index in [-0.39, 0.29) is 12.3 Å². The summed E-state index contributed by atoms with van der Waals surface area (Å²) in [5, 5.41) is 15.2. The zero-order valence-electron chi connectivity index (χ0n) is 18.9. The van der Waals surface area contributed by atoms with Gasteiger partial charge in [0.25, 0.3) is 5.91 Å². The lowest BCUT2D eigenvalue weighted by molar-refractivity contribution is 0.0750. The van der Waals surface area contributed by atoms with Crippen molar-refractivity contribution in [3.63, 3.8) is 0 Å². The van der Waals surface area contributed by atoms with Gasteiger partial charge in [0.05, 0.1) is 29.2 Å². The van der Waals surface area contributed by atoms with Crippen molar-refractivity contribution >= 4 is 32.7 Å². The maximum Gasteiger partial charge on any atom is 0.267 e. The van der Waals surface area contributed by atoms with E-state index >= 15 is 0 Å². The fraction of sp³-hybridized carbons (Fsp3) is 0.458. The topological polar surface area (TPSA) is 122 Å². The number of fused-ring (bicyclic) bond motifs is 1. The molecule has 0 bridgehead atoms. The average Bonchev–Trinajstić information content (AvgIpc) is 3.26. The van der Waals surface area contributed by atoms with Gasteiger partial charge in [-0.1, -0.05) is 6.07 Å². The predicted molar refractivity (Wildman–Crippen MR) is 130 cm³/mol. The maximum absolute atomic E-state index is 11.2. The number of carbonyl (C=O) groups excluding carboxylic acids is 1. The zero-order chi connectivity index (χ0) is 23.9. The summed E-state index contributed by atoms with van der Waals surface area (Å²) >= 11 is 3.59. The summed E-state index contributed by atoms with van der Waals surface area (Å²) in [5.41, 5.74) is 6.27. The van der Waals surface area contributed by atoms with Crippen LogP contribution in [0.25, 0.3) is 10.9 Å². The molecule has 1 fully saturated rings. The summed E-state index contributed by atoms with van der Waals surface area (Å²) < 4.78 is 19.9. The number of carbonyl (C=O) groups is 1. The fourth-order valence-electron chi connectivity index (χ4n) is 4.08. The number of aromatic nitrogens is 3. The molecule has 2 heterocycles. The predicted octanol–water partition coefficient (Wildman–Crippen LogP) is 3.49. The Hall–Kier alpha value is -2.69. The Bertz CT molecular complexity index is 1110. The molecule has 0 aliphatic heterocycles. The molecule has 1 aromatic carbocycles. The average molecular weight is 533 g/mol. The minimum Gasteiger partial charge on any atom is -0.490 e. The number of amides is 1. The van der Waals surface area contributed by atoms with Gasteiger partial charge in [-0.05, 0) is 59.7 Å². The molecule has 3 N–H and O–H groups in total. The van der Waals surface area contributed by atoms with Crippen molar-refractivity contribution in [1.82, 2.24) is 14.8 Å². The van der Waals surface area contributed by atoms with E-state index in [1.165, 1.54) is 6.07 Å². The first-order chi connectivity index (χ1) is 16.5. The van der Waals surface area contributed by atoms with Crippen LogP contribution in [0.3, 0.4) is 0 Å². The molecule has 0 spiro atoms. The third-order valence-electron chi connectivity index (χ3n) is 5.96. The highest BCUT2D eigenvalue weighted by atomic mass is 79.9. The third-order valence-corrected chi connectivity index (χ3v) is 6.58. The number of nitrogens with two attached hydrogens (primary N) is 1. The van der Waals surface area contributed by atoms with Crippen LogP contribution in [0.15, 0.2) is 41.0 Å². The highest BCUT2D eigenvalue weighted by Gasteiger charge is 2.23. The summed E-state index contributed by atoms with van der Waals surface area (Å²) in [5.74, 6) is 0.873. The van der Waals surface area contributed by atoms with Gasteiger partial charge >= 0.3 is 0 Å². The summed E-state index contributed by atoms with van der Waals surface area (Å²) in [7, 11) is 0. The highest BCUT2D eigenvalue weighted by molar-refractivity contribution is 9.10. The Morgan fingerprint density at radius 1 is 1.12 bits per heavy atom. The first-order valence-electron chi connectivity index (χ1n) is 11.4. The monoisotopic (exact) mass is 532 g/mol. The van der Waals surface area contributed by atoms with Crippen LogP contribution in [-0.2, 0) is 4.74 Å². The SMILES string of the molecule is NC(=O)c1cccc(OCCOCCOc2cc3nn([C@H]4CC[C@H](CO)CC4)cc3cc2Br)n1. The number of ether oxygens (including phenoxy) is 3. The Labute approximate surface area is 206 Å². The third kappa shape index (κ3) is 6.25. The minimum absolute atomic E-state index is 0.160. The van der Waals surface area contributed by atoms with Crippen LogP contribution >= 0.6 is 15.9 Å². The lowest BCUT2D eigenvalue weighted by Crippen LogP contribution is -2.20. The van der Waals surface area contributed by atoms with Crippen molar-refractivity contribution in [2.45, 2.75) is 31.7 Å². The number of rotatable bonds is 11. The van der Waals surface area contributed by atoms with E-state index in [9.17, 15) is 9.90 Å². The van der Waals surface area contributed by atoms with E-state index in [0.717, 1.165) is 41.1 Å². The van der Waals surface area contributed by atoms with Gasteiger partial charge in [-0.2, -0.15) is 5.10 Å². The molecule has 1 aliphatic rings. The van der Waals surface area contributed by atoms with Gasteiger partial charge in [0.2, 0.25) is 5.88 Å². The molecule has 3 aromatic rings. The Morgan fingerprint density at radius 2 is 1.88 bits per heavy atom. The highest BCUT2D eigenvalue weighted by Crippen LogP contribution is 2.34. The quantitative estimate of drug-likeness (QED) is 0.362. The molecule has 1 amide bonds. The van der Waals surface area contributed by atoms with Crippen molar-refractivity contribution in [2.75, 3.05) is 33.0 Å². The molecule has 1 saturated carbocycles. The second kappa shape index (κ2) is 11.6. The minimum atomic E-state index is -0.597. The zero-order valence-corrected chi connectivity index (χ0v) is 20.4. The van der Waals surface area contributed by atoms with Crippen LogP contribution in [-0.4, -0.2) is 58.8 Å². The first kappa shape index (κ1) is 24.4. The van der Waals surface area contributed by atoms with Gasteiger partial charge in [-0.15, -0.1) is 0 Å². The van der Waals surface area contributed by atoms with E-state index in [2.05, 4.69) is 31.8 Å². The number of aliphatic hydroxyl groups excluding tert-OH is 1. The van der Waals surface area contributed by atoms with E-state index < -0.39 is 5.91 Å². The number of hydrogen-bond acceptors (Lipinski definition) is 7. The Kier molecular flexibility index (Phi) is 8.36. The molecule has 0 saturated heterocycles. The van der Waals surface area contributed by atoms with Crippen LogP contribution in [0, 0.1) is 5.92 Å². The summed E-state index contributed by atoms with van der Waals surface area (Å²) in [6, 6.07) is 9.20. The molecular formula is C24H29BrN4O5. The molecule has 1 aliphatic carbocycles. The smallest absolute Gasteiger partial charge is 0.267 e. The van der Waals surface area contributed by atoms with Gasteiger partial charge in [-0.25, -0.2) is 4.98 Å². The van der Waals surface area contributed by atoms with Gasteiger partial charge < -0.3 is 25.1 Å². The number of aliphatic hydroxyl groups is 1. The number of benzene rings is 1. The number of pyridine rings is 1. The Balaban J connectivity index is 1.21. The number of hydrogen-bond donors (Lipinski definition) is 2. The molecule has 34 heavy (non-hydrogen) atoms. The Morgan fingerprint density at radius 3 is 2.62 bits per heavy atom. The summed E-state index contributed by atoms with van der Waals surface area (Å²) in [6.45, 7) is 1.70. The van der Waals surface area contributed by atoms with Crippen LogP contribution in [0.1, 0.15) is 42.2 Å². The molecule has 9 nitrogen and oxygen atoms in total. The number of halogens is 1. The molecule has 10 heteroatoms. The van der Waals surface area contributed by atoms with Crippen LogP contribution in [0.4, 0.5) is 0 Å². The van der Waals surface area contributed by atoms with E-state index in [0.29, 0.717) is 50.0 Å². The molecule has 0 atom stereocenters. The maximum atomic E-state index is 11.2. The van der Waals surface area contributed by atoms with Crippen molar-refractivity contribution in [2.24, 2.45) is 11.7 Å². The van der Waals surface area contributed by atoms with Gasteiger partial charge in [-0.3, -0.25) is 9.48 Å². The van der Waals surface area contributed by atoms with Gasteiger partial charge in [0.15, 0.2) is 0 Å². The van der Waals surface area contributed by atoms with Crippen molar-refractivity contribution < 1.29 is 24.1 Å². The molecule has 0 radical (unpaired) electrons. The van der Waals surface area contributed by atoms with Crippen LogP contribution in [0.5, 0.6) is 11.6 Å². The lowest BCUT2D eigenvalue weighted by Gasteiger charge is -2.27. The summed E-state index contributed by atoms with van der Waals surface area (Å²) in [4.78, 5) is 15.2. The molecule has 182 valence electrons. The van der Waals surface area contributed by atoms with Crippen LogP contribution < -0.4 is 15.2 Å². The first-order valence-corrected chi connectivity index (χ1v) is 12.2. The molecule has 0 unspecified atom stereocenters. The van der Waals surface area contributed by atoms with Gasteiger partial charge in [0, 0.05) is 30.3 Å². The lowest BCUT2D eigenvalue weighted by atomic mass is 9.87. The van der Waals surface area contributed by atoms with Crippen molar-refractivity contribution in [1.29, 1.82) is 0 Å². The van der Waals surface area contributed by atoms with E-state index in [1.54, 1.807) is 12.1 Å². The number of nitrogens with zero attached hydrogens (tertiary/aromatic N) is 3. The van der Waals surface area contributed by atoms with E-state index in [1.807, 2.05) is 12.1 Å². The van der Waals surface area contributed by atoms with Crippen molar-refractivity contribution in [3.05, 3.63) is 46.7 Å². The van der Waals surface area contributed by atoms with Crippen LogP contribution in [0.2, 0.25) is 0 Å². The summed E-state index contributed by atoms with van der Waals surface area (Å²) in [6.07, 6.45) is 6.24. The van der Waals surface area contributed by atoms with Crippen molar-refractivity contribution in [3.8, 4) is 11.6 Å². The number of primary amides is 1. The second-order valence-corrected chi connectivity index (χ2v) is 9.20. The largest absolute Gasteiger partial charge is 0.490 e. The second-order valence-electron chi connectivity index (χ2n) is 8.34. The standard InChI is InChI=1S/C24H29BrN4O5/c25-19-12-17-14-29(18-6-4-16(15-30)5-7-18)28-21(17)13-22(19)33-10-8-32-9-11-34-23-3-1-2-20(27-23)24(26)31/h1-3,12-14,16,18,30H,4-11,15H2,(H2,26,31)/t16-,18-.